The second kappa shape index (κ2) is 4.51. The summed E-state index contributed by atoms with van der Waals surface area (Å²) in [5.74, 6) is 1.06. The van der Waals surface area contributed by atoms with Crippen LogP contribution in [0.5, 0.6) is 0 Å². The second-order valence-electron chi connectivity index (χ2n) is 4.81. The Labute approximate surface area is 101 Å². The lowest BCUT2D eigenvalue weighted by atomic mass is 9.99. The topological polar surface area (TPSA) is 59.4 Å². The summed E-state index contributed by atoms with van der Waals surface area (Å²) < 4.78 is 5.81. The summed E-state index contributed by atoms with van der Waals surface area (Å²) in [6.45, 7) is 6.22. The molecule has 0 saturated carbocycles. The molecule has 0 spiro atoms. The highest BCUT2D eigenvalue weighted by atomic mass is 16.3. The first-order valence-electron chi connectivity index (χ1n) is 5.94. The van der Waals surface area contributed by atoms with Gasteiger partial charge in [0.1, 0.15) is 11.3 Å². The SMILES string of the molecule is Cc1ccc(C(C)C)c2oc(C(N)CO)cc12. The summed E-state index contributed by atoms with van der Waals surface area (Å²) in [5, 5.41) is 10.2. The molecule has 0 aliphatic heterocycles. The third-order valence-electron chi connectivity index (χ3n) is 3.14. The normalized spacial score (nSPS) is 13.5. The summed E-state index contributed by atoms with van der Waals surface area (Å²) in [6.07, 6.45) is 0. The average Bonchev–Trinajstić information content (AvgIpc) is 2.73. The van der Waals surface area contributed by atoms with Crippen LogP contribution in [0.3, 0.4) is 0 Å². The maximum Gasteiger partial charge on any atom is 0.138 e. The predicted molar refractivity (Wildman–Crippen MR) is 69.1 cm³/mol. The van der Waals surface area contributed by atoms with Crippen LogP contribution >= 0.6 is 0 Å². The van der Waals surface area contributed by atoms with Crippen LogP contribution in [0.25, 0.3) is 11.0 Å². The second-order valence-corrected chi connectivity index (χ2v) is 4.81. The van der Waals surface area contributed by atoms with Gasteiger partial charge in [-0.05, 0) is 30.0 Å². The molecule has 92 valence electrons. The predicted octanol–water partition coefficient (Wildman–Crippen LogP) is 2.86. The maximum atomic E-state index is 9.08. The third kappa shape index (κ3) is 2.08. The number of hydrogen-bond donors (Lipinski definition) is 2. The van der Waals surface area contributed by atoms with Gasteiger partial charge in [-0.1, -0.05) is 26.0 Å². The van der Waals surface area contributed by atoms with Crippen LogP contribution < -0.4 is 5.73 Å². The van der Waals surface area contributed by atoms with Gasteiger partial charge in [-0.15, -0.1) is 0 Å². The molecule has 2 rings (SSSR count). The Balaban J connectivity index is 2.65. The molecule has 17 heavy (non-hydrogen) atoms. The smallest absolute Gasteiger partial charge is 0.138 e. The van der Waals surface area contributed by atoms with E-state index in [1.165, 1.54) is 11.1 Å². The fourth-order valence-electron chi connectivity index (χ4n) is 2.03. The van der Waals surface area contributed by atoms with Crippen molar-refractivity contribution in [3.05, 3.63) is 35.1 Å². The number of benzene rings is 1. The molecule has 2 aromatic rings. The van der Waals surface area contributed by atoms with E-state index >= 15 is 0 Å². The molecular formula is C14H19NO2. The van der Waals surface area contributed by atoms with Crippen molar-refractivity contribution < 1.29 is 9.52 Å². The van der Waals surface area contributed by atoms with Gasteiger partial charge in [0.25, 0.3) is 0 Å². The number of fused-ring (bicyclic) bond motifs is 1. The molecule has 3 N–H and O–H groups in total. The van der Waals surface area contributed by atoms with Crippen LogP contribution in [0.2, 0.25) is 0 Å². The molecule has 0 bridgehead atoms. The van der Waals surface area contributed by atoms with Crippen LogP contribution in [0.1, 0.15) is 42.7 Å². The summed E-state index contributed by atoms with van der Waals surface area (Å²) >= 11 is 0. The minimum atomic E-state index is -0.443. The van der Waals surface area contributed by atoms with Crippen molar-refractivity contribution in [2.24, 2.45) is 5.73 Å². The Morgan fingerprint density at radius 3 is 2.65 bits per heavy atom. The van der Waals surface area contributed by atoms with Crippen LogP contribution in [-0.4, -0.2) is 11.7 Å². The third-order valence-corrected chi connectivity index (χ3v) is 3.14. The first kappa shape index (κ1) is 12.1. The molecule has 1 unspecified atom stereocenters. The van der Waals surface area contributed by atoms with Gasteiger partial charge in [-0.25, -0.2) is 0 Å². The first-order chi connectivity index (χ1) is 8.04. The summed E-state index contributed by atoms with van der Waals surface area (Å²) in [5.41, 5.74) is 9.05. The first-order valence-corrected chi connectivity index (χ1v) is 5.94. The Hall–Kier alpha value is -1.32. The Kier molecular flexibility index (Phi) is 3.22. The number of aliphatic hydroxyl groups excluding tert-OH is 1. The van der Waals surface area contributed by atoms with Crippen LogP contribution in [-0.2, 0) is 0 Å². The van der Waals surface area contributed by atoms with Gasteiger partial charge in [-0.3, -0.25) is 0 Å². The zero-order chi connectivity index (χ0) is 12.6. The largest absolute Gasteiger partial charge is 0.459 e. The average molecular weight is 233 g/mol. The molecule has 1 atom stereocenters. The highest BCUT2D eigenvalue weighted by Gasteiger charge is 2.16. The van der Waals surface area contributed by atoms with Gasteiger partial charge in [0.15, 0.2) is 0 Å². The maximum absolute atomic E-state index is 9.08. The van der Waals surface area contributed by atoms with E-state index in [0.29, 0.717) is 11.7 Å². The Morgan fingerprint density at radius 2 is 2.06 bits per heavy atom. The van der Waals surface area contributed by atoms with Crippen molar-refractivity contribution in [3.63, 3.8) is 0 Å². The molecule has 3 nitrogen and oxygen atoms in total. The lowest BCUT2D eigenvalue weighted by molar-refractivity contribution is 0.253. The summed E-state index contributed by atoms with van der Waals surface area (Å²) in [6, 6.07) is 5.70. The van der Waals surface area contributed by atoms with Crippen LogP contribution in [0.4, 0.5) is 0 Å². The van der Waals surface area contributed by atoms with Crippen molar-refractivity contribution in [2.75, 3.05) is 6.61 Å². The number of rotatable bonds is 3. The Morgan fingerprint density at radius 1 is 1.35 bits per heavy atom. The minimum absolute atomic E-state index is 0.101. The van der Waals surface area contributed by atoms with E-state index in [1.807, 2.05) is 6.07 Å². The zero-order valence-corrected chi connectivity index (χ0v) is 10.5. The quantitative estimate of drug-likeness (QED) is 0.857. The lowest BCUT2D eigenvalue weighted by Crippen LogP contribution is -2.13. The molecule has 0 amide bonds. The van der Waals surface area contributed by atoms with Crippen molar-refractivity contribution in [1.82, 2.24) is 0 Å². The monoisotopic (exact) mass is 233 g/mol. The van der Waals surface area contributed by atoms with Gasteiger partial charge < -0.3 is 15.3 Å². The molecule has 0 aliphatic carbocycles. The van der Waals surface area contributed by atoms with Gasteiger partial charge in [0, 0.05) is 5.39 Å². The van der Waals surface area contributed by atoms with Gasteiger partial charge in [0.2, 0.25) is 0 Å². The zero-order valence-electron chi connectivity index (χ0n) is 10.5. The van der Waals surface area contributed by atoms with Gasteiger partial charge in [-0.2, -0.15) is 0 Å². The molecule has 1 aromatic carbocycles. The van der Waals surface area contributed by atoms with Gasteiger partial charge >= 0.3 is 0 Å². The molecule has 3 heteroatoms. The molecule has 0 radical (unpaired) electrons. The molecule has 0 saturated heterocycles. The van der Waals surface area contributed by atoms with E-state index in [1.54, 1.807) is 0 Å². The Bertz CT molecular complexity index is 528. The van der Waals surface area contributed by atoms with Crippen molar-refractivity contribution in [1.29, 1.82) is 0 Å². The summed E-state index contributed by atoms with van der Waals surface area (Å²) in [4.78, 5) is 0. The minimum Gasteiger partial charge on any atom is -0.459 e. The molecular weight excluding hydrogens is 214 g/mol. The van der Waals surface area contributed by atoms with Crippen LogP contribution in [0.15, 0.2) is 22.6 Å². The number of hydrogen-bond acceptors (Lipinski definition) is 3. The lowest BCUT2D eigenvalue weighted by Gasteiger charge is -2.07. The highest BCUT2D eigenvalue weighted by Crippen LogP contribution is 2.32. The van der Waals surface area contributed by atoms with E-state index in [2.05, 4.69) is 32.9 Å². The standard InChI is InChI=1S/C14H19NO2/c1-8(2)10-5-4-9(3)11-6-13(12(15)7-16)17-14(10)11/h4-6,8,12,16H,7,15H2,1-3H3. The molecule has 1 heterocycles. The van der Waals surface area contributed by atoms with E-state index in [0.717, 1.165) is 11.0 Å². The highest BCUT2D eigenvalue weighted by molar-refractivity contribution is 5.85. The summed E-state index contributed by atoms with van der Waals surface area (Å²) in [7, 11) is 0. The van der Waals surface area contributed by atoms with Crippen molar-refractivity contribution >= 4 is 11.0 Å². The number of furan rings is 1. The van der Waals surface area contributed by atoms with E-state index in [-0.39, 0.29) is 6.61 Å². The fourth-order valence-corrected chi connectivity index (χ4v) is 2.03. The van der Waals surface area contributed by atoms with Crippen molar-refractivity contribution in [2.45, 2.75) is 32.7 Å². The molecule has 0 fully saturated rings. The van der Waals surface area contributed by atoms with Crippen molar-refractivity contribution in [3.8, 4) is 0 Å². The van der Waals surface area contributed by atoms with E-state index < -0.39 is 6.04 Å². The van der Waals surface area contributed by atoms with E-state index in [4.69, 9.17) is 15.3 Å². The van der Waals surface area contributed by atoms with Gasteiger partial charge in [0.05, 0.1) is 12.6 Å². The van der Waals surface area contributed by atoms with E-state index in [9.17, 15) is 0 Å². The number of aliphatic hydroxyl groups is 1. The number of aryl methyl sites for hydroxylation is 1. The number of nitrogens with two attached hydrogens (primary N) is 1. The molecule has 1 aromatic heterocycles. The molecule has 0 aliphatic rings. The van der Waals surface area contributed by atoms with Crippen LogP contribution in [0, 0.1) is 6.92 Å². The fraction of sp³-hybridized carbons (Fsp3) is 0.429.